The number of imide groups is 1. The Labute approximate surface area is 162 Å². The van der Waals surface area contributed by atoms with Gasteiger partial charge in [0.1, 0.15) is 0 Å². The molecule has 0 fully saturated rings. The number of fused-ring (bicyclic) bond motifs is 2. The third-order valence-electron chi connectivity index (χ3n) is 5.05. The first kappa shape index (κ1) is 18.4. The van der Waals surface area contributed by atoms with E-state index in [-0.39, 0.29) is 36.4 Å². The zero-order valence-electron chi connectivity index (χ0n) is 15.2. The lowest BCUT2D eigenvalue weighted by molar-refractivity contribution is 0.0664. The Bertz CT molecular complexity index is 1090. The Hall–Kier alpha value is -3.00. The molecule has 8 heteroatoms. The van der Waals surface area contributed by atoms with Crippen LogP contribution in [0.2, 0.25) is 0 Å². The van der Waals surface area contributed by atoms with Crippen LogP contribution in [0.1, 0.15) is 43.1 Å². The average Bonchev–Trinajstić information content (AvgIpc) is 2.91. The lowest BCUT2D eigenvalue weighted by Gasteiger charge is -2.30. The van der Waals surface area contributed by atoms with Crippen molar-refractivity contribution >= 4 is 33.3 Å². The Morgan fingerprint density at radius 1 is 0.929 bits per heavy atom. The van der Waals surface area contributed by atoms with E-state index in [0.717, 1.165) is 10.5 Å². The fourth-order valence-electron chi connectivity index (χ4n) is 3.60. The third kappa shape index (κ3) is 2.90. The number of ketones is 1. The normalized spacial score (nSPS) is 16.4. The molecule has 7 nitrogen and oxygen atoms in total. The molecule has 0 saturated heterocycles. The van der Waals surface area contributed by atoms with Crippen LogP contribution in [0.5, 0.6) is 0 Å². The van der Waals surface area contributed by atoms with Gasteiger partial charge in [-0.3, -0.25) is 23.6 Å². The number of hydrogen-bond donors (Lipinski definition) is 0. The van der Waals surface area contributed by atoms with E-state index in [1.54, 1.807) is 42.5 Å². The highest BCUT2D eigenvalue weighted by Gasteiger charge is 2.37. The molecule has 28 heavy (non-hydrogen) atoms. The standard InChI is InChI=1S/C20H18N2O5S/c1-13-6-7-17-16(12-13)18(23)8-9-22(17)28(26,27)11-10-21-19(24)14-4-2-3-5-15(14)20(21)25/h2-7,12H,8-11H2,1H3. The summed E-state index contributed by atoms with van der Waals surface area (Å²) in [6, 6.07) is 11.5. The molecule has 0 saturated carbocycles. The summed E-state index contributed by atoms with van der Waals surface area (Å²) in [5.41, 5.74) is 2.18. The highest BCUT2D eigenvalue weighted by Crippen LogP contribution is 2.30. The maximum Gasteiger partial charge on any atom is 0.261 e. The highest BCUT2D eigenvalue weighted by atomic mass is 32.2. The second kappa shape index (κ2) is 6.56. The van der Waals surface area contributed by atoms with Gasteiger partial charge in [0.15, 0.2) is 5.78 Å². The van der Waals surface area contributed by atoms with Crippen molar-refractivity contribution in [3.8, 4) is 0 Å². The molecular formula is C20H18N2O5S. The van der Waals surface area contributed by atoms with Gasteiger partial charge >= 0.3 is 0 Å². The summed E-state index contributed by atoms with van der Waals surface area (Å²) >= 11 is 0. The Kier molecular flexibility index (Phi) is 4.30. The van der Waals surface area contributed by atoms with Crippen LogP contribution in [0.4, 0.5) is 5.69 Å². The summed E-state index contributed by atoms with van der Waals surface area (Å²) < 4.78 is 27.1. The van der Waals surface area contributed by atoms with Crippen molar-refractivity contribution in [3.05, 3.63) is 64.7 Å². The molecule has 0 aliphatic carbocycles. The minimum atomic E-state index is -3.82. The lowest BCUT2D eigenvalue weighted by Crippen LogP contribution is -2.42. The van der Waals surface area contributed by atoms with Gasteiger partial charge in [0.05, 0.1) is 22.6 Å². The summed E-state index contributed by atoms with van der Waals surface area (Å²) in [6.07, 6.45) is 0.0999. The maximum atomic E-state index is 12.9. The first-order valence-electron chi connectivity index (χ1n) is 8.89. The van der Waals surface area contributed by atoms with E-state index < -0.39 is 27.6 Å². The van der Waals surface area contributed by atoms with Gasteiger partial charge in [-0.2, -0.15) is 0 Å². The van der Waals surface area contributed by atoms with Gasteiger partial charge in [-0.25, -0.2) is 8.42 Å². The molecular weight excluding hydrogens is 380 g/mol. The van der Waals surface area contributed by atoms with Gasteiger partial charge in [-0.1, -0.05) is 23.8 Å². The average molecular weight is 398 g/mol. The van der Waals surface area contributed by atoms with Crippen molar-refractivity contribution in [1.82, 2.24) is 4.90 Å². The number of Topliss-reactive ketones (excluding diaryl/α,β-unsaturated/α-hetero) is 1. The summed E-state index contributed by atoms with van der Waals surface area (Å²) in [6.45, 7) is 1.66. The van der Waals surface area contributed by atoms with Crippen molar-refractivity contribution in [2.24, 2.45) is 0 Å². The van der Waals surface area contributed by atoms with Gasteiger partial charge in [0.2, 0.25) is 10.0 Å². The number of hydrogen-bond acceptors (Lipinski definition) is 5. The van der Waals surface area contributed by atoms with Crippen molar-refractivity contribution in [2.45, 2.75) is 13.3 Å². The van der Waals surface area contributed by atoms with Gasteiger partial charge in [0.25, 0.3) is 11.8 Å². The first-order chi connectivity index (χ1) is 13.3. The predicted octanol–water partition coefficient (Wildman–Crippen LogP) is 2.01. The molecule has 0 radical (unpaired) electrons. The molecule has 4 rings (SSSR count). The number of carbonyl (C=O) groups is 3. The van der Waals surface area contributed by atoms with Gasteiger partial charge in [-0.05, 0) is 31.2 Å². The van der Waals surface area contributed by atoms with E-state index in [4.69, 9.17) is 0 Å². The number of sulfonamides is 1. The van der Waals surface area contributed by atoms with Crippen LogP contribution >= 0.6 is 0 Å². The molecule has 2 aromatic rings. The fourth-order valence-corrected chi connectivity index (χ4v) is 5.06. The fraction of sp³-hybridized carbons (Fsp3) is 0.250. The predicted molar refractivity (Wildman–Crippen MR) is 103 cm³/mol. The lowest BCUT2D eigenvalue weighted by atomic mass is 10.0. The number of rotatable bonds is 4. The number of carbonyl (C=O) groups excluding carboxylic acids is 3. The van der Waals surface area contributed by atoms with E-state index in [1.165, 1.54) is 4.31 Å². The van der Waals surface area contributed by atoms with Crippen molar-refractivity contribution in [2.75, 3.05) is 23.1 Å². The molecule has 2 aromatic carbocycles. The molecule has 2 aliphatic rings. The van der Waals surface area contributed by atoms with E-state index >= 15 is 0 Å². The molecule has 0 spiro atoms. The van der Waals surface area contributed by atoms with Crippen LogP contribution in [0.15, 0.2) is 42.5 Å². The Morgan fingerprint density at radius 2 is 1.57 bits per heavy atom. The van der Waals surface area contributed by atoms with Gasteiger partial charge in [0, 0.05) is 25.1 Å². The van der Waals surface area contributed by atoms with Crippen LogP contribution in [0.3, 0.4) is 0 Å². The van der Waals surface area contributed by atoms with Crippen LogP contribution in [0, 0.1) is 6.92 Å². The SMILES string of the molecule is Cc1ccc2c(c1)C(=O)CCN2S(=O)(=O)CCN1C(=O)c2ccccc2C1=O. The van der Waals surface area contributed by atoms with Gasteiger partial charge in [-0.15, -0.1) is 0 Å². The van der Waals surface area contributed by atoms with Crippen molar-refractivity contribution in [3.63, 3.8) is 0 Å². The molecule has 0 unspecified atom stereocenters. The zero-order valence-corrected chi connectivity index (χ0v) is 16.0. The zero-order chi connectivity index (χ0) is 20.1. The maximum absolute atomic E-state index is 12.9. The molecule has 2 amide bonds. The molecule has 2 heterocycles. The second-order valence-electron chi connectivity index (χ2n) is 6.89. The number of aryl methyl sites for hydroxylation is 1. The first-order valence-corrected chi connectivity index (χ1v) is 10.5. The second-order valence-corrected chi connectivity index (χ2v) is 8.90. The van der Waals surface area contributed by atoms with Crippen molar-refractivity contribution < 1.29 is 22.8 Å². The molecule has 0 N–H and O–H groups in total. The molecule has 0 aromatic heterocycles. The molecule has 0 bridgehead atoms. The number of amides is 2. The summed E-state index contributed by atoms with van der Waals surface area (Å²) in [5, 5.41) is 0. The van der Waals surface area contributed by atoms with E-state index in [1.807, 2.05) is 6.92 Å². The third-order valence-corrected chi connectivity index (χ3v) is 6.80. The van der Waals surface area contributed by atoms with Crippen LogP contribution in [0.25, 0.3) is 0 Å². The van der Waals surface area contributed by atoms with Crippen LogP contribution in [-0.4, -0.2) is 49.8 Å². The smallest absolute Gasteiger partial charge is 0.261 e. The van der Waals surface area contributed by atoms with E-state index in [0.29, 0.717) is 11.3 Å². The number of nitrogens with zero attached hydrogens (tertiary/aromatic N) is 2. The van der Waals surface area contributed by atoms with E-state index in [2.05, 4.69) is 0 Å². The minimum Gasteiger partial charge on any atom is -0.294 e. The topological polar surface area (TPSA) is 91.8 Å². The largest absolute Gasteiger partial charge is 0.294 e. The van der Waals surface area contributed by atoms with Gasteiger partial charge < -0.3 is 0 Å². The monoisotopic (exact) mass is 398 g/mol. The Morgan fingerprint density at radius 3 is 2.21 bits per heavy atom. The molecule has 2 aliphatic heterocycles. The van der Waals surface area contributed by atoms with Crippen LogP contribution in [-0.2, 0) is 10.0 Å². The number of anilines is 1. The minimum absolute atomic E-state index is 0.0549. The summed E-state index contributed by atoms with van der Waals surface area (Å²) in [4.78, 5) is 38.0. The Balaban J connectivity index is 1.57. The van der Waals surface area contributed by atoms with Crippen LogP contribution < -0.4 is 4.31 Å². The highest BCUT2D eigenvalue weighted by molar-refractivity contribution is 7.92. The quantitative estimate of drug-likeness (QED) is 0.735. The van der Waals surface area contributed by atoms with E-state index in [9.17, 15) is 22.8 Å². The summed E-state index contributed by atoms with van der Waals surface area (Å²) in [7, 11) is -3.82. The van der Waals surface area contributed by atoms with Crippen molar-refractivity contribution in [1.29, 1.82) is 0 Å². The molecule has 0 atom stereocenters. The summed E-state index contributed by atoms with van der Waals surface area (Å²) in [5.74, 6) is -1.47. The number of benzene rings is 2. The molecule has 144 valence electrons.